The van der Waals surface area contributed by atoms with Crippen molar-refractivity contribution < 1.29 is 31.7 Å². The molecule has 9 fully saturated rings. The fourth-order valence-corrected chi connectivity index (χ4v) is 49.9. The second-order valence-electron chi connectivity index (χ2n) is 24.1. The van der Waals surface area contributed by atoms with Crippen LogP contribution in [0.1, 0.15) is 289 Å². The summed E-state index contributed by atoms with van der Waals surface area (Å²) in [6, 6.07) is 0. The second kappa shape index (κ2) is 24.6. The topological polar surface area (TPSA) is 56.2 Å². The Morgan fingerprint density at radius 1 is 0.194 bits per heavy atom. The second-order valence-corrected chi connectivity index (χ2v) is 40.4. The third kappa shape index (κ3) is 10.9. The summed E-state index contributed by atoms with van der Waals surface area (Å²) < 4.78 is 27.7. The molecule has 0 aromatic heterocycles. The quantitative estimate of drug-likeness (QED) is 0.154. The minimum absolute atomic E-state index is 0. The predicted octanol–water partition coefficient (Wildman–Crippen LogP) is 19.1. The smallest absolute Gasteiger partial charge is 2.00 e. The van der Waals surface area contributed by atoms with E-state index < -0.39 is 41.2 Å². The Bertz CT molecular complexity index is 961. The van der Waals surface area contributed by atoms with Gasteiger partial charge in [0.2, 0.25) is 0 Å². The number of hydrogen-bond acceptors (Lipinski definition) is 3. The van der Waals surface area contributed by atoms with Crippen molar-refractivity contribution in [3.05, 3.63) is 0 Å². The average Bonchev–Trinajstić information content (AvgIpc) is 3.36. The van der Waals surface area contributed by atoms with E-state index in [1.54, 1.807) is 0 Å². The standard InChI is InChI=1S/3C18H33OSi.O.V/c3*19-20(16-10-4-1-5-11-16,17-12-6-2-7-13-17)18-14-8-3-9-15-18;;/h3*16-18H,1-15H2;;/q3*-1;-2;+5. The first kappa shape index (κ1) is 49.5. The molecule has 9 aliphatic carbocycles. The fourth-order valence-electron chi connectivity index (χ4n) is 18.1. The van der Waals surface area contributed by atoms with Gasteiger partial charge in [0, 0.05) is 0 Å². The summed E-state index contributed by atoms with van der Waals surface area (Å²) in [4.78, 5) is 0. The maximum absolute atomic E-state index is 9.22. The van der Waals surface area contributed by atoms with Crippen LogP contribution in [0.15, 0.2) is 0 Å². The van der Waals surface area contributed by atoms with Crippen LogP contribution in [0.5, 0.6) is 0 Å². The molecule has 0 N–H and O–H groups in total. The van der Waals surface area contributed by atoms with E-state index in [0.29, 0.717) is 0 Å². The molecule has 0 bridgehead atoms. The Hall–Kier alpha value is 1.08. The molecule has 9 saturated carbocycles. The molecule has 0 aromatic rings. The predicted molar refractivity (Wildman–Crippen MR) is 263 cm³/mol. The van der Waals surface area contributed by atoms with Gasteiger partial charge in [-0.25, -0.2) is 0 Å². The summed E-state index contributed by atoms with van der Waals surface area (Å²) in [7, 11) is -6.88. The Kier molecular flexibility index (Phi) is 19.6. The molecule has 0 unspecified atom stereocenters. The van der Waals surface area contributed by atoms with Gasteiger partial charge in [0.1, 0.15) is 0 Å². The van der Waals surface area contributed by atoms with Crippen LogP contribution in [0, 0.1) is 0 Å². The minimum atomic E-state index is -2.67. The van der Waals surface area contributed by atoms with Gasteiger partial charge >= 0.3 is 390 Å². The minimum Gasteiger partial charge on any atom is -2.00 e. The van der Waals surface area contributed by atoms with Gasteiger partial charge in [0.25, 0.3) is 0 Å². The molecule has 0 spiro atoms. The molecule has 0 atom stereocenters. The Morgan fingerprint density at radius 2 is 0.306 bits per heavy atom. The summed E-state index contributed by atoms with van der Waals surface area (Å²) >= 11 is -2.67. The van der Waals surface area contributed by atoms with Crippen LogP contribution in [0.4, 0.5) is 0 Å². The maximum Gasteiger partial charge on any atom is -2.00 e. The summed E-state index contributed by atoms with van der Waals surface area (Å²) in [5.74, 6) is 0. The van der Waals surface area contributed by atoms with Crippen LogP contribution < -0.4 is 0 Å². The van der Waals surface area contributed by atoms with Crippen molar-refractivity contribution in [3.63, 3.8) is 0 Å². The van der Waals surface area contributed by atoms with Crippen molar-refractivity contribution >= 4 is 25.0 Å². The molecule has 0 aromatic carbocycles. The molecular weight excluding hydrogens is 848 g/mol. The van der Waals surface area contributed by atoms with Gasteiger partial charge < -0.3 is 5.48 Å². The average molecular weight is 948 g/mol. The van der Waals surface area contributed by atoms with E-state index in [2.05, 4.69) is 0 Å². The van der Waals surface area contributed by atoms with Crippen molar-refractivity contribution in [1.82, 2.24) is 0 Å². The Morgan fingerprint density at radius 3 is 0.419 bits per heavy atom. The van der Waals surface area contributed by atoms with E-state index >= 15 is 0 Å². The number of hydrogen-bond donors (Lipinski definition) is 0. The van der Waals surface area contributed by atoms with Crippen LogP contribution >= 0.6 is 0 Å². The van der Waals surface area contributed by atoms with Crippen molar-refractivity contribution in [1.29, 1.82) is 0 Å². The Labute approximate surface area is 393 Å². The van der Waals surface area contributed by atoms with Crippen LogP contribution in [0.25, 0.3) is 0 Å². The molecule has 356 valence electrons. The molecule has 62 heavy (non-hydrogen) atoms. The van der Waals surface area contributed by atoms with Gasteiger partial charge in [-0.15, -0.1) is 0 Å². The third-order valence-corrected chi connectivity index (χ3v) is 45.5. The van der Waals surface area contributed by atoms with Crippen LogP contribution in [0.2, 0.25) is 49.9 Å². The van der Waals surface area contributed by atoms with Crippen molar-refractivity contribution in [2.45, 2.75) is 339 Å². The molecule has 9 rings (SSSR count). The largest absolute Gasteiger partial charge is 2.00 e. The summed E-state index contributed by atoms with van der Waals surface area (Å²) in [6.07, 6.45) is 66.8. The first-order valence-corrected chi connectivity index (χ1v) is 37.2. The molecular formula is C54H99O4Si3V. The zero-order valence-electron chi connectivity index (χ0n) is 40.6. The fraction of sp³-hybridized carbons (Fsp3) is 1.00. The molecule has 0 heterocycles. The molecule has 8 heteroatoms. The van der Waals surface area contributed by atoms with Gasteiger partial charge in [-0.2, -0.15) is 0 Å². The molecule has 9 aliphatic rings. The molecule has 0 radical (unpaired) electrons. The Balaban J connectivity index is 0.00000529. The summed E-state index contributed by atoms with van der Waals surface area (Å²) in [5, 5.41) is 0. The van der Waals surface area contributed by atoms with E-state index in [0.717, 1.165) is 49.9 Å². The van der Waals surface area contributed by atoms with E-state index in [1.165, 1.54) is 289 Å². The zero-order valence-corrected chi connectivity index (χ0v) is 45.0. The van der Waals surface area contributed by atoms with Gasteiger partial charge in [-0.1, -0.05) is 0 Å². The molecule has 0 aliphatic heterocycles. The molecule has 0 amide bonds. The van der Waals surface area contributed by atoms with E-state index in [-0.39, 0.29) is 5.48 Å². The molecule has 4 nitrogen and oxygen atoms in total. The van der Waals surface area contributed by atoms with Crippen molar-refractivity contribution in [2.24, 2.45) is 0 Å². The van der Waals surface area contributed by atoms with Gasteiger partial charge in [-0.05, 0) is 0 Å². The summed E-state index contributed by atoms with van der Waals surface area (Å²) in [5.41, 5.74) is 7.89. The van der Waals surface area contributed by atoms with E-state index in [1.807, 2.05) is 0 Å². The first-order valence-electron chi connectivity index (χ1n) is 29.1. The monoisotopic (exact) mass is 947 g/mol. The molecule has 0 saturated heterocycles. The van der Waals surface area contributed by atoms with Gasteiger partial charge in [0.15, 0.2) is 0 Å². The van der Waals surface area contributed by atoms with Crippen molar-refractivity contribution in [3.8, 4) is 0 Å². The van der Waals surface area contributed by atoms with Gasteiger partial charge in [-0.3, -0.25) is 0 Å². The van der Waals surface area contributed by atoms with Crippen LogP contribution in [-0.4, -0.2) is 25.0 Å². The zero-order chi connectivity index (χ0) is 41.2. The SMILES string of the molecule is C1CCC([Si]([O][V+2]([O][Si](C2CCCCC2)(C2CCCCC2)C2CCCCC2)[O][Si](C2CCCCC2)(C2CCCCC2)C2CCCCC2)(C2CCCCC2)C2CCCCC2)CC1.[O-2]. The number of rotatable bonds is 15. The van der Waals surface area contributed by atoms with Gasteiger partial charge in [0.05, 0.1) is 0 Å². The van der Waals surface area contributed by atoms with Crippen molar-refractivity contribution in [2.75, 3.05) is 0 Å². The van der Waals surface area contributed by atoms with E-state index in [4.69, 9.17) is 0 Å². The first-order chi connectivity index (χ1) is 30.2. The van der Waals surface area contributed by atoms with E-state index in [9.17, 15) is 10.1 Å². The third-order valence-electron chi connectivity index (χ3n) is 20.9. The maximum atomic E-state index is 9.22. The van der Waals surface area contributed by atoms with Crippen LogP contribution in [-0.2, 0) is 31.7 Å². The normalized spacial score (nSPS) is 28.5. The van der Waals surface area contributed by atoms with Crippen LogP contribution in [0.3, 0.4) is 0 Å². The summed E-state index contributed by atoms with van der Waals surface area (Å²) in [6.45, 7) is 0.